The maximum atomic E-state index is 12.5. The lowest BCUT2D eigenvalue weighted by atomic mass is 9.79. The second kappa shape index (κ2) is 7.16. The van der Waals surface area contributed by atoms with Crippen molar-refractivity contribution in [1.29, 1.82) is 0 Å². The van der Waals surface area contributed by atoms with Crippen LogP contribution in [0.5, 0.6) is 0 Å². The lowest BCUT2D eigenvalue weighted by Crippen LogP contribution is -2.56. The smallest absolute Gasteiger partial charge is 0.323 e. The van der Waals surface area contributed by atoms with Gasteiger partial charge in [-0.1, -0.05) is 30.3 Å². The molecule has 2 saturated heterocycles. The Morgan fingerprint density at radius 1 is 1.28 bits per heavy atom. The number of carbonyl (C=O) groups is 2. The maximum absolute atomic E-state index is 12.5. The van der Waals surface area contributed by atoms with Gasteiger partial charge in [0.1, 0.15) is 5.54 Å². The van der Waals surface area contributed by atoms with Gasteiger partial charge < -0.3 is 10.2 Å². The molecule has 1 aromatic carbocycles. The van der Waals surface area contributed by atoms with Crippen LogP contribution < -0.4 is 5.32 Å². The number of hydrogen-bond acceptors (Lipinski definition) is 3. The topological polar surface area (TPSA) is 52.7 Å². The number of aryl methyl sites for hydroxylation is 1. The van der Waals surface area contributed by atoms with Gasteiger partial charge in [0.05, 0.1) is 0 Å². The number of likely N-dealkylation sites (tertiary alicyclic amines) is 1. The summed E-state index contributed by atoms with van der Waals surface area (Å²) in [5, 5.41) is 2.93. The van der Waals surface area contributed by atoms with Crippen molar-refractivity contribution in [3.8, 4) is 0 Å². The van der Waals surface area contributed by atoms with E-state index in [1.807, 2.05) is 13.0 Å². The molecule has 0 saturated carbocycles. The molecule has 3 amide bonds. The molecule has 1 aromatic rings. The number of carbonyl (C=O) groups excluding carboxylic acids is 2. The Bertz CT molecular complexity index is 633. The fraction of sp³-hybridized carbons (Fsp3) is 0.600. The van der Waals surface area contributed by atoms with E-state index >= 15 is 0 Å². The van der Waals surface area contributed by atoms with Gasteiger partial charge in [0, 0.05) is 25.6 Å². The summed E-state index contributed by atoms with van der Waals surface area (Å²) < 4.78 is 0. The summed E-state index contributed by atoms with van der Waals surface area (Å²) in [6.45, 7) is 6.10. The third kappa shape index (κ3) is 3.56. The highest BCUT2D eigenvalue weighted by Gasteiger charge is 2.51. The quantitative estimate of drug-likeness (QED) is 0.836. The second-order valence-electron chi connectivity index (χ2n) is 7.70. The van der Waals surface area contributed by atoms with E-state index in [1.54, 1.807) is 7.05 Å². The van der Waals surface area contributed by atoms with E-state index in [2.05, 4.69) is 41.4 Å². The summed E-state index contributed by atoms with van der Waals surface area (Å²) >= 11 is 0. The van der Waals surface area contributed by atoms with Gasteiger partial charge in [-0.3, -0.25) is 9.69 Å². The van der Waals surface area contributed by atoms with Crippen molar-refractivity contribution in [2.75, 3.05) is 20.1 Å². The van der Waals surface area contributed by atoms with Gasteiger partial charge in [-0.25, -0.2) is 4.79 Å². The van der Waals surface area contributed by atoms with Gasteiger partial charge >= 0.3 is 6.03 Å². The van der Waals surface area contributed by atoms with Gasteiger partial charge in [0.15, 0.2) is 0 Å². The van der Waals surface area contributed by atoms with Crippen molar-refractivity contribution in [3.63, 3.8) is 0 Å². The molecule has 5 nitrogen and oxygen atoms in total. The van der Waals surface area contributed by atoms with Crippen LogP contribution in [0.1, 0.15) is 38.7 Å². The number of likely N-dealkylation sites (N-methyl/N-ethyl adjacent to an activating group) is 1. The van der Waals surface area contributed by atoms with Crippen LogP contribution in [-0.2, 0) is 11.2 Å². The van der Waals surface area contributed by atoms with Crippen LogP contribution in [0, 0.1) is 5.92 Å². The molecule has 0 aromatic heterocycles. The predicted octanol–water partition coefficient (Wildman–Crippen LogP) is 2.66. The Morgan fingerprint density at radius 2 is 2.00 bits per heavy atom. The van der Waals surface area contributed by atoms with Crippen molar-refractivity contribution >= 4 is 11.9 Å². The van der Waals surface area contributed by atoms with E-state index in [1.165, 1.54) is 10.5 Å². The lowest BCUT2D eigenvalue weighted by molar-refractivity contribution is -0.132. The number of amides is 3. The molecule has 0 spiro atoms. The van der Waals surface area contributed by atoms with Gasteiger partial charge in [-0.05, 0) is 51.6 Å². The van der Waals surface area contributed by atoms with Crippen molar-refractivity contribution in [2.24, 2.45) is 5.92 Å². The molecule has 136 valence electrons. The fourth-order valence-corrected chi connectivity index (χ4v) is 4.16. The molecule has 2 aliphatic heterocycles. The maximum Gasteiger partial charge on any atom is 0.324 e. The normalized spacial score (nSPS) is 28.9. The first-order valence-corrected chi connectivity index (χ1v) is 9.30. The molecule has 0 radical (unpaired) electrons. The molecule has 25 heavy (non-hydrogen) atoms. The standard InChI is InChI=1S/C20H29N3O2/c1-15(11-12-16-8-5-4-6-9-16)23-13-7-10-17(14-23)20(2)18(24)22(3)19(25)21-20/h4-6,8-9,15,17H,7,10-14H2,1-3H3,(H,21,25)/t15-,17-,20-/m1/s1. The number of imide groups is 1. The molecular formula is C20H29N3O2. The summed E-state index contributed by atoms with van der Waals surface area (Å²) in [5.41, 5.74) is 0.610. The molecule has 0 unspecified atom stereocenters. The Kier molecular flexibility index (Phi) is 5.13. The first-order valence-electron chi connectivity index (χ1n) is 9.30. The molecule has 5 heteroatoms. The lowest BCUT2D eigenvalue weighted by Gasteiger charge is -2.42. The Hall–Kier alpha value is -1.88. The highest BCUT2D eigenvalue weighted by atomic mass is 16.2. The molecule has 2 fully saturated rings. The van der Waals surface area contributed by atoms with Crippen LogP contribution >= 0.6 is 0 Å². The minimum absolute atomic E-state index is 0.0960. The Labute approximate surface area is 150 Å². The molecule has 0 aliphatic carbocycles. The van der Waals surface area contributed by atoms with Crippen molar-refractivity contribution < 1.29 is 9.59 Å². The van der Waals surface area contributed by atoms with E-state index in [-0.39, 0.29) is 17.9 Å². The summed E-state index contributed by atoms with van der Waals surface area (Å²) in [6.07, 6.45) is 4.23. The monoisotopic (exact) mass is 343 g/mol. The highest BCUT2D eigenvalue weighted by molar-refractivity contribution is 6.06. The number of nitrogens with one attached hydrogen (secondary N) is 1. The first kappa shape index (κ1) is 17.9. The number of nitrogens with zero attached hydrogens (tertiary/aromatic N) is 2. The number of rotatable bonds is 5. The molecule has 3 rings (SSSR count). The van der Waals surface area contributed by atoms with E-state index < -0.39 is 5.54 Å². The summed E-state index contributed by atoms with van der Waals surface area (Å²) in [4.78, 5) is 28.2. The van der Waals surface area contributed by atoms with Crippen molar-refractivity contribution in [1.82, 2.24) is 15.1 Å². The molecule has 3 atom stereocenters. The molecule has 1 N–H and O–H groups in total. The van der Waals surface area contributed by atoms with Crippen LogP contribution in [-0.4, -0.2) is 53.5 Å². The summed E-state index contributed by atoms with van der Waals surface area (Å²) in [7, 11) is 1.56. The second-order valence-corrected chi connectivity index (χ2v) is 7.70. The zero-order valence-corrected chi connectivity index (χ0v) is 15.5. The fourth-order valence-electron chi connectivity index (χ4n) is 4.16. The van der Waals surface area contributed by atoms with Crippen molar-refractivity contribution in [2.45, 2.75) is 51.1 Å². The number of hydrogen-bond donors (Lipinski definition) is 1. The Morgan fingerprint density at radius 3 is 2.64 bits per heavy atom. The third-order valence-corrected chi connectivity index (χ3v) is 6.01. The van der Waals surface area contributed by atoms with Crippen LogP contribution in [0.3, 0.4) is 0 Å². The zero-order chi connectivity index (χ0) is 18.0. The average molecular weight is 343 g/mol. The minimum Gasteiger partial charge on any atom is -0.323 e. The van der Waals surface area contributed by atoms with Crippen LogP contribution in [0.2, 0.25) is 0 Å². The third-order valence-electron chi connectivity index (χ3n) is 6.01. The van der Waals surface area contributed by atoms with Gasteiger partial charge in [-0.15, -0.1) is 0 Å². The van der Waals surface area contributed by atoms with Crippen LogP contribution in [0.4, 0.5) is 4.79 Å². The Balaban J connectivity index is 1.61. The van der Waals surface area contributed by atoms with Gasteiger partial charge in [0.2, 0.25) is 0 Å². The zero-order valence-electron chi connectivity index (χ0n) is 15.5. The van der Waals surface area contributed by atoms with Crippen LogP contribution in [0.15, 0.2) is 30.3 Å². The molecule has 2 heterocycles. The number of benzene rings is 1. The van der Waals surface area contributed by atoms with E-state index in [9.17, 15) is 9.59 Å². The van der Waals surface area contributed by atoms with E-state index in [0.29, 0.717) is 6.04 Å². The largest absolute Gasteiger partial charge is 0.324 e. The SMILES string of the molecule is C[C@H](CCc1ccccc1)N1CCC[C@@H]([C@@]2(C)NC(=O)N(C)C2=O)C1. The van der Waals surface area contributed by atoms with E-state index in [0.717, 1.165) is 38.8 Å². The van der Waals surface area contributed by atoms with Gasteiger partial charge in [0.25, 0.3) is 5.91 Å². The van der Waals surface area contributed by atoms with Crippen LogP contribution in [0.25, 0.3) is 0 Å². The summed E-state index contributed by atoms with van der Waals surface area (Å²) in [6, 6.07) is 10.8. The minimum atomic E-state index is -0.760. The molecule has 0 bridgehead atoms. The van der Waals surface area contributed by atoms with E-state index in [4.69, 9.17) is 0 Å². The molecule has 2 aliphatic rings. The van der Waals surface area contributed by atoms with Gasteiger partial charge in [-0.2, -0.15) is 0 Å². The predicted molar refractivity (Wildman–Crippen MR) is 98.2 cm³/mol. The first-order chi connectivity index (χ1) is 11.9. The molecular weight excluding hydrogens is 314 g/mol. The van der Waals surface area contributed by atoms with Crippen molar-refractivity contribution in [3.05, 3.63) is 35.9 Å². The number of urea groups is 1. The number of piperidine rings is 1. The average Bonchev–Trinajstić information content (AvgIpc) is 2.84. The highest BCUT2D eigenvalue weighted by Crippen LogP contribution is 2.33. The summed E-state index contributed by atoms with van der Waals surface area (Å²) in [5.74, 6) is 0.0723.